The number of ether oxygens (including phenoxy) is 1. The van der Waals surface area contributed by atoms with Crippen molar-refractivity contribution in [1.29, 1.82) is 0 Å². The van der Waals surface area contributed by atoms with Crippen LogP contribution in [-0.4, -0.2) is 38.8 Å². The number of nitrogens with one attached hydrogen (secondary N) is 1. The van der Waals surface area contributed by atoms with Crippen LogP contribution in [0.5, 0.6) is 5.75 Å². The van der Waals surface area contributed by atoms with E-state index in [1.807, 2.05) is 17.7 Å². The summed E-state index contributed by atoms with van der Waals surface area (Å²) in [5.74, 6) is 0.826. The van der Waals surface area contributed by atoms with Crippen LogP contribution >= 0.6 is 0 Å². The molecule has 3 rings (SSSR count). The monoisotopic (exact) mass is 330 g/mol. The zero-order valence-electron chi connectivity index (χ0n) is 13.7. The summed E-state index contributed by atoms with van der Waals surface area (Å²) in [7, 11) is 0. The van der Waals surface area contributed by atoms with E-state index in [1.54, 1.807) is 6.20 Å². The van der Waals surface area contributed by atoms with Gasteiger partial charge in [0.25, 0.3) is 5.91 Å². The SMILES string of the molecule is CCn1ccnc1C(NC(=O)c1cncc(O)c1)C1CCOCC1. The third-order valence-corrected chi connectivity index (χ3v) is 4.38. The summed E-state index contributed by atoms with van der Waals surface area (Å²) in [6, 6.07) is 1.22. The summed E-state index contributed by atoms with van der Waals surface area (Å²) >= 11 is 0. The zero-order valence-corrected chi connectivity index (χ0v) is 13.7. The first kappa shape index (κ1) is 16.4. The summed E-state index contributed by atoms with van der Waals surface area (Å²) in [4.78, 5) is 21.0. The van der Waals surface area contributed by atoms with Gasteiger partial charge in [-0.25, -0.2) is 4.98 Å². The maximum atomic E-state index is 12.6. The van der Waals surface area contributed by atoms with Crippen LogP contribution < -0.4 is 5.32 Å². The van der Waals surface area contributed by atoms with Gasteiger partial charge in [-0.1, -0.05) is 0 Å². The molecule has 2 N–H and O–H groups in total. The van der Waals surface area contributed by atoms with E-state index in [9.17, 15) is 9.90 Å². The Morgan fingerprint density at radius 1 is 1.46 bits per heavy atom. The van der Waals surface area contributed by atoms with Crippen LogP contribution in [0.3, 0.4) is 0 Å². The van der Waals surface area contributed by atoms with Crippen molar-refractivity contribution >= 4 is 5.91 Å². The standard InChI is InChI=1S/C17H22N4O3/c1-2-21-6-5-19-16(21)15(12-3-7-24-8-4-12)20-17(23)13-9-14(22)11-18-10-13/h5-6,9-12,15,22H,2-4,7-8H2,1H3,(H,20,23). The fourth-order valence-electron chi connectivity index (χ4n) is 3.09. The summed E-state index contributed by atoms with van der Waals surface area (Å²) in [5.41, 5.74) is 0.335. The lowest BCUT2D eigenvalue weighted by atomic mass is 9.90. The highest BCUT2D eigenvalue weighted by atomic mass is 16.5. The molecule has 1 saturated heterocycles. The van der Waals surface area contributed by atoms with Gasteiger partial charge < -0.3 is 19.7 Å². The van der Waals surface area contributed by atoms with Crippen LogP contribution in [0, 0.1) is 5.92 Å². The first-order valence-electron chi connectivity index (χ1n) is 8.22. The highest BCUT2D eigenvalue weighted by Crippen LogP contribution is 2.29. The van der Waals surface area contributed by atoms with Gasteiger partial charge in [0.15, 0.2) is 0 Å². The Labute approximate surface area is 140 Å². The van der Waals surface area contributed by atoms with Gasteiger partial charge in [-0.05, 0) is 31.7 Å². The number of pyridine rings is 1. The lowest BCUT2D eigenvalue weighted by Crippen LogP contribution is -2.37. The summed E-state index contributed by atoms with van der Waals surface area (Å²) in [5, 5.41) is 12.6. The molecule has 1 atom stereocenters. The molecule has 0 aromatic carbocycles. The molecule has 3 heterocycles. The highest BCUT2D eigenvalue weighted by molar-refractivity contribution is 5.94. The largest absolute Gasteiger partial charge is 0.506 e. The Morgan fingerprint density at radius 3 is 2.96 bits per heavy atom. The summed E-state index contributed by atoms with van der Waals surface area (Å²) in [6.07, 6.45) is 8.18. The molecule has 24 heavy (non-hydrogen) atoms. The van der Waals surface area contributed by atoms with E-state index in [-0.39, 0.29) is 23.6 Å². The topological polar surface area (TPSA) is 89.3 Å². The molecule has 128 valence electrons. The number of imidazole rings is 1. The van der Waals surface area contributed by atoms with E-state index in [1.165, 1.54) is 18.5 Å². The molecule has 0 saturated carbocycles. The van der Waals surface area contributed by atoms with Gasteiger partial charge in [-0.2, -0.15) is 0 Å². The quantitative estimate of drug-likeness (QED) is 0.874. The number of hydrogen-bond donors (Lipinski definition) is 2. The van der Waals surface area contributed by atoms with Crippen LogP contribution in [0.1, 0.15) is 42.0 Å². The van der Waals surface area contributed by atoms with Crippen LogP contribution in [0.4, 0.5) is 0 Å². The van der Waals surface area contributed by atoms with Crippen molar-refractivity contribution in [3.05, 3.63) is 42.2 Å². The minimum atomic E-state index is -0.263. The maximum Gasteiger partial charge on any atom is 0.253 e. The normalized spacial score (nSPS) is 16.7. The Morgan fingerprint density at radius 2 is 2.25 bits per heavy atom. The molecule has 2 aromatic heterocycles. The zero-order chi connectivity index (χ0) is 16.9. The summed E-state index contributed by atoms with van der Waals surface area (Å²) in [6.45, 7) is 4.22. The Balaban J connectivity index is 1.85. The van der Waals surface area contributed by atoms with E-state index < -0.39 is 0 Å². The molecular weight excluding hydrogens is 308 g/mol. The molecule has 7 nitrogen and oxygen atoms in total. The third kappa shape index (κ3) is 3.56. The Kier molecular flexibility index (Phi) is 5.10. The first-order chi connectivity index (χ1) is 11.7. The molecular formula is C17H22N4O3. The van der Waals surface area contributed by atoms with Crippen molar-refractivity contribution in [3.8, 4) is 5.75 Å². The molecule has 2 aromatic rings. The lowest BCUT2D eigenvalue weighted by Gasteiger charge is -2.31. The Bertz CT molecular complexity index is 695. The molecule has 0 spiro atoms. The molecule has 0 radical (unpaired) electrons. The molecule has 1 aliphatic rings. The van der Waals surface area contributed by atoms with Gasteiger partial charge >= 0.3 is 0 Å². The van der Waals surface area contributed by atoms with Crippen molar-refractivity contribution in [1.82, 2.24) is 19.9 Å². The number of nitrogens with zero attached hydrogens (tertiary/aromatic N) is 3. The molecule has 1 fully saturated rings. The minimum absolute atomic E-state index is 0.0275. The van der Waals surface area contributed by atoms with Crippen LogP contribution in [0.2, 0.25) is 0 Å². The molecule has 1 unspecified atom stereocenters. The number of aryl methyl sites for hydroxylation is 1. The first-order valence-corrected chi connectivity index (χ1v) is 8.22. The molecule has 0 aliphatic carbocycles. The van der Waals surface area contributed by atoms with Gasteiger partial charge in [0.05, 0.1) is 17.8 Å². The van der Waals surface area contributed by atoms with E-state index in [0.29, 0.717) is 18.8 Å². The van der Waals surface area contributed by atoms with E-state index in [0.717, 1.165) is 25.2 Å². The van der Waals surface area contributed by atoms with Gasteiger partial charge in [0.1, 0.15) is 11.6 Å². The number of aromatic hydroxyl groups is 1. The van der Waals surface area contributed by atoms with Crippen molar-refractivity contribution in [2.45, 2.75) is 32.4 Å². The molecule has 1 amide bonds. The van der Waals surface area contributed by atoms with Gasteiger partial charge in [0, 0.05) is 38.3 Å². The minimum Gasteiger partial charge on any atom is -0.506 e. The number of aromatic nitrogens is 3. The second kappa shape index (κ2) is 7.44. The number of carbonyl (C=O) groups is 1. The fraction of sp³-hybridized carbons (Fsp3) is 0.471. The number of rotatable bonds is 5. The predicted molar refractivity (Wildman–Crippen MR) is 87.6 cm³/mol. The maximum absolute atomic E-state index is 12.6. The summed E-state index contributed by atoms with van der Waals surface area (Å²) < 4.78 is 7.49. The third-order valence-electron chi connectivity index (χ3n) is 4.38. The van der Waals surface area contributed by atoms with Crippen molar-refractivity contribution < 1.29 is 14.6 Å². The average Bonchev–Trinajstić information content (AvgIpc) is 3.08. The van der Waals surface area contributed by atoms with Crippen molar-refractivity contribution in [2.75, 3.05) is 13.2 Å². The lowest BCUT2D eigenvalue weighted by molar-refractivity contribution is 0.0498. The van der Waals surface area contributed by atoms with E-state index in [4.69, 9.17) is 4.74 Å². The second-order valence-electron chi connectivity index (χ2n) is 5.90. The van der Waals surface area contributed by atoms with Gasteiger partial charge in [0.2, 0.25) is 0 Å². The second-order valence-corrected chi connectivity index (χ2v) is 5.90. The van der Waals surface area contributed by atoms with Crippen molar-refractivity contribution in [2.24, 2.45) is 5.92 Å². The van der Waals surface area contributed by atoms with E-state index in [2.05, 4.69) is 15.3 Å². The predicted octanol–water partition coefficient (Wildman–Crippen LogP) is 1.90. The fourth-order valence-corrected chi connectivity index (χ4v) is 3.09. The molecule has 1 aliphatic heterocycles. The number of amides is 1. The molecule has 0 bridgehead atoms. The van der Waals surface area contributed by atoms with E-state index >= 15 is 0 Å². The molecule has 7 heteroatoms. The smallest absolute Gasteiger partial charge is 0.253 e. The highest BCUT2D eigenvalue weighted by Gasteiger charge is 2.30. The Hall–Kier alpha value is -2.41. The number of carbonyl (C=O) groups excluding carboxylic acids is 1. The van der Waals surface area contributed by atoms with Gasteiger partial charge in [-0.3, -0.25) is 9.78 Å². The van der Waals surface area contributed by atoms with Crippen LogP contribution in [-0.2, 0) is 11.3 Å². The van der Waals surface area contributed by atoms with Crippen LogP contribution in [0.15, 0.2) is 30.9 Å². The van der Waals surface area contributed by atoms with Gasteiger partial charge in [-0.15, -0.1) is 0 Å². The van der Waals surface area contributed by atoms with Crippen LogP contribution in [0.25, 0.3) is 0 Å². The van der Waals surface area contributed by atoms with Crippen molar-refractivity contribution in [3.63, 3.8) is 0 Å². The average molecular weight is 330 g/mol. The number of hydrogen-bond acceptors (Lipinski definition) is 5.